The number of carbonyl (C=O) groups is 2. The van der Waals surface area contributed by atoms with Gasteiger partial charge >= 0.3 is 12.1 Å². The van der Waals surface area contributed by atoms with E-state index >= 15 is 0 Å². The van der Waals surface area contributed by atoms with Gasteiger partial charge < -0.3 is 20.4 Å². The molecular weight excluding hydrogens is 304 g/mol. The predicted molar refractivity (Wildman–Crippen MR) is 96.9 cm³/mol. The van der Waals surface area contributed by atoms with E-state index in [1.807, 2.05) is 52.0 Å². The van der Waals surface area contributed by atoms with E-state index in [0.717, 1.165) is 11.1 Å². The molecule has 4 amide bonds. The quantitative estimate of drug-likeness (QED) is 0.889. The molecule has 0 saturated carbocycles. The molecule has 0 spiro atoms. The highest BCUT2D eigenvalue weighted by Gasteiger charge is 2.28. The highest BCUT2D eigenvalue weighted by Crippen LogP contribution is 2.26. The third kappa shape index (κ3) is 4.88. The van der Waals surface area contributed by atoms with Gasteiger partial charge in [0.1, 0.15) is 0 Å². The van der Waals surface area contributed by atoms with Gasteiger partial charge in [-0.2, -0.15) is 0 Å². The van der Waals surface area contributed by atoms with Crippen LogP contribution in [0.15, 0.2) is 24.3 Å². The van der Waals surface area contributed by atoms with Crippen LogP contribution in [0, 0.1) is 0 Å². The van der Waals surface area contributed by atoms with Crippen molar-refractivity contribution >= 4 is 12.1 Å². The first-order valence-corrected chi connectivity index (χ1v) is 7.97. The number of hydrogen-bond donors (Lipinski definition) is 2. The topological polar surface area (TPSA) is 64.7 Å². The summed E-state index contributed by atoms with van der Waals surface area (Å²) in [5, 5.41) is 6.00. The number of benzene rings is 1. The second-order valence-corrected chi connectivity index (χ2v) is 7.48. The van der Waals surface area contributed by atoms with E-state index in [2.05, 4.69) is 10.6 Å². The highest BCUT2D eigenvalue weighted by molar-refractivity contribution is 5.75. The first-order chi connectivity index (χ1) is 10.9. The van der Waals surface area contributed by atoms with Crippen LogP contribution in [-0.2, 0) is 11.1 Å². The molecular formula is C18H30N4O2. The number of nitrogens with zero attached hydrogens (tertiary/aromatic N) is 2. The van der Waals surface area contributed by atoms with E-state index in [-0.39, 0.29) is 12.1 Å². The number of urea groups is 2. The summed E-state index contributed by atoms with van der Waals surface area (Å²) in [5.41, 5.74) is 0.891. The maximum absolute atomic E-state index is 12.0. The van der Waals surface area contributed by atoms with Crippen LogP contribution in [-0.4, -0.2) is 50.1 Å². The maximum atomic E-state index is 12.0. The number of carbonyl (C=O) groups excluding carboxylic acids is 2. The number of hydrogen-bond acceptors (Lipinski definition) is 2. The molecule has 0 fully saturated rings. The van der Waals surface area contributed by atoms with Gasteiger partial charge in [0, 0.05) is 28.2 Å². The molecule has 0 radical (unpaired) electrons. The molecule has 0 bridgehead atoms. The summed E-state index contributed by atoms with van der Waals surface area (Å²) < 4.78 is 0. The van der Waals surface area contributed by atoms with Crippen LogP contribution in [0.5, 0.6) is 0 Å². The van der Waals surface area contributed by atoms with E-state index in [0.29, 0.717) is 0 Å². The fourth-order valence-corrected chi connectivity index (χ4v) is 2.20. The summed E-state index contributed by atoms with van der Waals surface area (Å²) in [6.45, 7) is 7.83. The van der Waals surface area contributed by atoms with Gasteiger partial charge in [0.2, 0.25) is 0 Å². The van der Waals surface area contributed by atoms with Crippen molar-refractivity contribution in [3.05, 3.63) is 35.4 Å². The molecule has 0 saturated heterocycles. The van der Waals surface area contributed by atoms with Crippen molar-refractivity contribution in [2.75, 3.05) is 28.2 Å². The molecule has 134 valence electrons. The van der Waals surface area contributed by atoms with Gasteiger partial charge in [0.15, 0.2) is 0 Å². The minimum absolute atomic E-state index is 0.148. The molecule has 1 aromatic carbocycles. The molecule has 0 aliphatic carbocycles. The zero-order valence-electron chi connectivity index (χ0n) is 16.0. The molecule has 0 aliphatic heterocycles. The largest absolute Gasteiger partial charge is 0.331 e. The van der Waals surface area contributed by atoms with Crippen LogP contribution < -0.4 is 10.6 Å². The van der Waals surface area contributed by atoms with E-state index in [1.165, 1.54) is 9.80 Å². The standard InChI is InChI=1S/C18H30N4O2/c1-17(2,19-15(23)21(5)6)13-10-9-11-14(12-13)18(3,4)20-16(24)22(7)8/h9-12H,1-8H3,(H,19,23)(H,20,24). The Labute approximate surface area is 145 Å². The van der Waals surface area contributed by atoms with Gasteiger partial charge in [0.25, 0.3) is 0 Å². The summed E-state index contributed by atoms with van der Waals surface area (Å²) in [6, 6.07) is 7.62. The lowest BCUT2D eigenvalue weighted by molar-refractivity contribution is 0.205. The monoisotopic (exact) mass is 334 g/mol. The van der Waals surface area contributed by atoms with Gasteiger partial charge in [-0.15, -0.1) is 0 Å². The van der Waals surface area contributed by atoms with E-state index in [4.69, 9.17) is 0 Å². The Bertz CT molecular complexity index is 558. The molecule has 0 aromatic heterocycles. The molecule has 6 heteroatoms. The molecule has 2 N–H and O–H groups in total. The Hall–Kier alpha value is -2.24. The normalized spacial score (nSPS) is 11.7. The van der Waals surface area contributed by atoms with E-state index in [9.17, 15) is 9.59 Å². The third-order valence-corrected chi connectivity index (χ3v) is 3.96. The molecule has 0 heterocycles. The van der Waals surface area contributed by atoms with Crippen molar-refractivity contribution < 1.29 is 9.59 Å². The maximum Gasteiger partial charge on any atom is 0.317 e. The summed E-state index contributed by atoms with van der Waals surface area (Å²) in [7, 11) is 6.84. The first-order valence-electron chi connectivity index (χ1n) is 7.97. The van der Waals surface area contributed by atoms with Crippen molar-refractivity contribution in [1.29, 1.82) is 0 Å². The smallest absolute Gasteiger partial charge is 0.317 e. The summed E-state index contributed by atoms with van der Waals surface area (Å²) in [5.74, 6) is 0. The number of nitrogens with one attached hydrogen (secondary N) is 2. The Morgan fingerprint density at radius 1 is 0.792 bits per heavy atom. The fraction of sp³-hybridized carbons (Fsp3) is 0.556. The Kier molecular flexibility index (Phi) is 5.87. The molecule has 0 aliphatic rings. The average molecular weight is 334 g/mol. The minimum Gasteiger partial charge on any atom is -0.331 e. The Balaban J connectivity index is 3.09. The molecule has 24 heavy (non-hydrogen) atoms. The lowest BCUT2D eigenvalue weighted by Crippen LogP contribution is -2.47. The van der Waals surface area contributed by atoms with Gasteiger partial charge in [-0.3, -0.25) is 0 Å². The molecule has 6 nitrogen and oxygen atoms in total. The van der Waals surface area contributed by atoms with Gasteiger partial charge in [-0.05, 0) is 38.8 Å². The van der Waals surface area contributed by atoms with Crippen LogP contribution in [0.1, 0.15) is 38.8 Å². The molecule has 1 aromatic rings. The van der Waals surface area contributed by atoms with Crippen molar-refractivity contribution in [2.24, 2.45) is 0 Å². The fourth-order valence-electron chi connectivity index (χ4n) is 2.20. The zero-order chi connectivity index (χ0) is 18.7. The second kappa shape index (κ2) is 7.11. The van der Waals surface area contributed by atoms with Crippen LogP contribution in [0.2, 0.25) is 0 Å². The van der Waals surface area contributed by atoms with Gasteiger partial charge in [-0.1, -0.05) is 24.3 Å². The Morgan fingerprint density at radius 2 is 1.12 bits per heavy atom. The first kappa shape index (κ1) is 19.8. The van der Waals surface area contributed by atoms with Crippen molar-refractivity contribution in [3.8, 4) is 0 Å². The number of amides is 4. The van der Waals surface area contributed by atoms with Crippen molar-refractivity contribution in [3.63, 3.8) is 0 Å². The molecule has 1 rings (SSSR count). The average Bonchev–Trinajstić information content (AvgIpc) is 2.46. The lowest BCUT2D eigenvalue weighted by atomic mass is 9.87. The van der Waals surface area contributed by atoms with Crippen molar-refractivity contribution in [2.45, 2.75) is 38.8 Å². The van der Waals surface area contributed by atoms with Crippen LogP contribution >= 0.6 is 0 Å². The van der Waals surface area contributed by atoms with Crippen molar-refractivity contribution in [1.82, 2.24) is 20.4 Å². The van der Waals surface area contributed by atoms with E-state index < -0.39 is 11.1 Å². The zero-order valence-corrected chi connectivity index (χ0v) is 16.0. The van der Waals surface area contributed by atoms with Crippen LogP contribution in [0.4, 0.5) is 9.59 Å². The van der Waals surface area contributed by atoms with Gasteiger partial charge in [-0.25, -0.2) is 9.59 Å². The third-order valence-electron chi connectivity index (χ3n) is 3.96. The molecule has 0 unspecified atom stereocenters. The minimum atomic E-state index is -0.529. The Morgan fingerprint density at radius 3 is 1.42 bits per heavy atom. The SMILES string of the molecule is CN(C)C(=O)NC(C)(C)c1cccc(C(C)(C)NC(=O)N(C)C)c1. The number of rotatable bonds is 4. The predicted octanol–water partition coefficient (Wildman–Crippen LogP) is 2.70. The van der Waals surface area contributed by atoms with E-state index in [1.54, 1.807) is 28.2 Å². The summed E-state index contributed by atoms with van der Waals surface area (Å²) >= 11 is 0. The van der Waals surface area contributed by atoms with Crippen LogP contribution in [0.3, 0.4) is 0 Å². The highest BCUT2D eigenvalue weighted by atomic mass is 16.2. The summed E-state index contributed by atoms with van der Waals surface area (Å²) in [6.07, 6.45) is 0. The lowest BCUT2D eigenvalue weighted by Gasteiger charge is -2.32. The van der Waals surface area contributed by atoms with Crippen LogP contribution in [0.25, 0.3) is 0 Å². The molecule has 0 atom stereocenters. The van der Waals surface area contributed by atoms with Gasteiger partial charge in [0.05, 0.1) is 11.1 Å². The summed E-state index contributed by atoms with van der Waals surface area (Å²) in [4.78, 5) is 27.0. The second-order valence-electron chi connectivity index (χ2n) is 7.48.